The number of oxime groups is 1. The van der Waals surface area contributed by atoms with E-state index in [1.807, 2.05) is 4.90 Å². The van der Waals surface area contributed by atoms with Crippen LogP contribution in [0.5, 0.6) is 0 Å². The van der Waals surface area contributed by atoms with E-state index in [2.05, 4.69) is 12.1 Å². The lowest BCUT2D eigenvalue weighted by Crippen LogP contribution is -2.47. The van der Waals surface area contributed by atoms with Gasteiger partial charge >= 0.3 is 0 Å². The molecule has 90 valence electrons. The quantitative estimate of drug-likeness (QED) is 0.563. The fourth-order valence-corrected chi connectivity index (χ4v) is 3.63. The number of thioether (sulfide) groups is 1. The van der Waals surface area contributed by atoms with Crippen molar-refractivity contribution in [3.8, 4) is 0 Å². The third-order valence-electron chi connectivity index (χ3n) is 3.44. The number of nitrogens with zero attached hydrogens (tertiary/aromatic N) is 2. The topological polar surface area (TPSA) is 52.9 Å². The largest absolute Gasteiger partial charge is 0.411 e. The Morgan fingerprint density at radius 3 is 2.69 bits per heavy atom. The summed E-state index contributed by atoms with van der Waals surface area (Å²) in [5.74, 6) is 1.37. The number of hydrogen-bond acceptors (Lipinski definition) is 4. The van der Waals surface area contributed by atoms with E-state index >= 15 is 0 Å². The summed E-state index contributed by atoms with van der Waals surface area (Å²) in [5.41, 5.74) is 0.813. The van der Waals surface area contributed by atoms with E-state index in [4.69, 9.17) is 5.21 Å². The molecule has 1 atom stereocenters. The van der Waals surface area contributed by atoms with Crippen molar-refractivity contribution >= 4 is 23.4 Å². The van der Waals surface area contributed by atoms with Gasteiger partial charge in [0.25, 0.3) is 0 Å². The van der Waals surface area contributed by atoms with Gasteiger partial charge in [-0.1, -0.05) is 5.16 Å². The maximum absolute atomic E-state index is 12.3. The van der Waals surface area contributed by atoms with Crippen LogP contribution < -0.4 is 0 Å². The van der Waals surface area contributed by atoms with Crippen molar-refractivity contribution in [2.24, 2.45) is 5.16 Å². The van der Waals surface area contributed by atoms with Gasteiger partial charge in [-0.3, -0.25) is 4.79 Å². The number of carbonyl (C=O) groups excluding carboxylic acids is 1. The first-order valence-electron chi connectivity index (χ1n) is 5.79. The van der Waals surface area contributed by atoms with Crippen molar-refractivity contribution in [2.45, 2.75) is 37.4 Å². The SMILES string of the molecule is CC1(C(=O)N2CCC(=NO)CC2)CCCS1. The zero-order chi connectivity index (χ0) is 11.6. The number of rotatable bonds is 1. The first kappa shape index (κ1) is 11.8. The van der Waals surface area contributed by atoms with Crippen LogP contribution in [0.25, 0.3) is 0 Å². The number of likely N-dealkylation sites (tertiary alicyclic amines) is 1. The maximum Gasteiger partial charge on any atom is 0.238 e. The third kappa shape index (κ3) is 2.19. The summed E-state index contributed by atoms with van der Waals surface area (Å²) in [6, 6.07) is 0. The minimum atomic E-state index is -0.201. The van der Waals surface area contributed by atoms with Crippen LogP contribution in [0.3, 0.4) is 0 Å². The van der Waals surface area contributed by atoms with Gasteiger partial charge in [-0.25, -0.2) is 0 Å². The number of amides is 1. The van der Waals surface area contributed by atoms with E-state index in [0.717, 1.165) is 24.3 Å². The first-order chi connectivity index (χ1) is 7.65. The van der Waals surface area contributed by atoms with Crippen molar-refractivity contribution in [1.82, 2.24) is 4.90 Å². The van der Waals surface area contributed by atoms with Crippen LogP contribution in [-0.4, -0.2) is 45.3 Å². The van der Waals surface area contributed by atoms with Crippen molar-refractivity contribution < 1.29 is 10.0 Å². The molecular formula is C11H18N2O2S. The molecule has 0 spiro atoms. The second kappa shape index (κ2) is 4.65. The summed E-state index contributed by atoms with van der Waals surface area (Å²) in [6.07, 6.45) is 3.56. The van der Waals surface area contributed by atoms with Crippen LogP contribution in [0.2, 0.25) is 0 Å². The Kier molecular flexibility index (Phi) is 3.42. The van der Waals surface area contributed by atoms with Crippen molar-refractivity contribution in [3.63, 3.8) is 0 Å². The molecule has 16 heavy (non-hydrogen) atoms. The Labute approximate surface area is 100 Å². The van der Waals surface area contributed by atoms with Crippen LogP contribution in [0.15, 0.2) is 5.16 Å². The molecule has 5 heteroatoms. The fraction of sp³-hybridized carbons (Fsp3) is 0.818. The summed E-state index contributed by atoms with van der Waals surface area (Å²) in [6.45, 7) is 3.46. The number of piperidine rings is 1. The van der Waals surface area contributed by atoms with Crippen LogP contribution in [-0.2, 0) is 4.79 Å². The molecule has 1 N–H and O–H groups in total. The molecule has 0 aromatic rings. The first-order valence-corrected chi connectivity index (χ1v) is 6.77. The van der Waals surface area contributed by atoms with Gasteiger partial charge in [0.2, 0.25) is 5.91 Å². The minimum absolute atomic E-state index is 0.201. The van der Waals surface area contributed by atoms with Gasteiger partial charge in [0.1, 0.15) is 0 Å². The highest BCUT2D eigenvalue weighted by Crippen LogP contribution is 2.39. The minimum Gasteiger partial charge on any atom is -0.411 e. The lowest BCUT2D eigenvalue weighted by molar-refractivity contribution is -0.133. The van der Waals surface area contributed by atoms with E-state index in [0.29, 0.717) is 25.9 Å². The Morgan fingerprint density at radius 1 is 1.50 bits per heavy atom. The molecule has 4 nitrogen and oxygen atoms in total. The summed E-state index contributed by atoms with van der Waals surface area (Å²) in [7, 11) is 0. The molecule has 2 aliphatic heterocycles. The Hall–Kier alpha value is -0.710. The molecular weight excluding hydrogens is 224 g/mol. The van der Waals surface area contributed by atoms with E-state index < -0.39 is 0 Å². The second-order valence-electron chi connectivity index (χ2n) is 4.64. The predicted octanol–water partition coefficient (Wildman–Crippen LogP) is 1.72. The molecule has 0 radical (unpaired) electrons. The highest BCUT2D eigenvalue weighted by atomic mass is 32.2. The van der Waals surface area contributed by atoms with Crippen LogP contribution >= 0.6 is 11.8 Å². The molecule has 2 rings (SSSR count). The van der Waals surface area contributed by atoms with Gasteiger partial charge in [-0.05, 0) is 25.5 Å². The third-order valence-corrected chi connectivity index (χ3v) is 4.95. The summed E-state index contributed by atoms with van der Waals surface area (Å²) >= 11 is 1.78. The Bertz CT molecular complexity index is 301. The van der Waals surface area contributed by atoms with Gasteiger partial charge in [0.05, 0.1) is 10.5 Å². The monoisotopic (exact) mass is 242 g/mol. The van der Waals surface area contributed by atoms with Gasteiger partial charge in [-0.15, -0.1) is 11.8 Å². The van der Waals surface area contributed by atoms with Gasteiger partial charge < -0.3 is 10.1 Å². The zero-order valence-corrected chi connectivity index (χ0v) is 10.4. The average molecular weight is 242 g/mol. The van der Waals surface area contributed by atoms with Crippen LogP contribution in [0.1, 0.15) is 32.6 Å². The van der Waals surface area contributed by atoms with Gasteiger partial charge in [0, 0.05) is 25.9 Å². The van der Waals surface area contributed by atoms with E-state index in [-0.39, 0.29) is 10.7 Å². The molecule has 1 unspecified atom stereocenters. The maximum atomic E-state index is 12.3. The summed E-state index contributed by atoms with van der Waals surface area (Å²) in [5, 5.41) is 11.9. The van der Waals surface area contributed by atoms with Crippen LogP contribution in [0.4, 0.5) is 0 Å². The Morgan fingerprint density at radius 2 is 2.19 bits per heavy atom. The molecule has 0 aromatic carbocycles. The van der Waals surface area contributed by atoms with E-state index in [1.165, 1.54) is 0 Å². The average Bonchev–Trinajstić information content (AvgIpc) is 2.77. The summed E-state index contributed by atoms with van der Waals surface area (Å²) < 4.78 is -0.201. The number of carbonyl (C=O) groups is 1. The highest BCUT2D eigenvalue weighted by Gasteiger charge is 2.40. The molecule has 0 aromatic heterocycles. The predicted molar refractivity (Wildman–Crippen MR) is 65.1 cm³/mol. The molecule has 2 aliphatic rings. The lowest BCUT2D eigenvalue weighted by Gasteiger charge is -2.33. The molecule has 1 amide bonds. The second-order valence-corrected chi connectivity index (χ2v) is 6.24. The van der Waals surface area contributed by atoms with Gasteiger partial charge in [0.15, 0.2) is 0 Å². The molecule has 2 fully saturated rings. The lowest BCUT2D eigenvalue weighted by atomic mass is 10.0. The molecule has 0 bridgehead atoms. The van der Waals surface area contributed by atoms with Crippen molar-refractivity contribution in [3.05, 3.63) is 0 Å². The van der Waals surface area contributed by atoms with Crippen LogP contribution in [0, 0.1) is 0 Å². The molecule has 2 heterocycles. The van der Waals surface area contributed by atoms with Gasteiger partial charge in [-0.2, -0.15) is 0 Å². The van der Waals surface area contributed by atoms with Crippen molar-refractivity contribution in [1.29, 1.82) is 0 Å². The van der Waals surface area contributed by atoms with Crippen molar-refractivity contribution in [2.75, 3.05) is 18.8 Å². The standard InChI is InChI=1S/C11H18N2O2S/c1-11(5-2-8-16-11)10(14)13-6-3-9(12-15)4-7-13/h15H,2-8H2,1H3. The zero-order valence-electron chi connectivity index (χ0n) is 9.61. The van der Waals surface area contributed by atoms with E-state index in [1.54, 1.807) is 11.8 Å². The molecule has 2 saturated heterocycles. The normalized spacial score (nSPS) is 30.6. The highest BCUT2D eigenvalue weighted by molar-refractivity contribution is 8.01. The summed E-state index contributed by atoms with van der Waals surface area (Å²) in [4.78, 5) is 14.2. The number of hydrogen-bond donors (Lipinski definition) is 1. The molecule has 0 aliphatic carbocycles. The molecule has 0 saturated carbocycles. The fourth-order valence-electron chi connectivity index (χ4n) is 2.35. The van der Waals surface area contributed by atoms with E-state index in [9.17, 15) is 4.79 Å². The Balaban J connectivity index is 1.96. The smallest absolute Gasteiger partial charge is 0.238 e.